The highest BCUT2D eigenvalue weighted by Crippen LogP contribution is 2.57. The van der Waals surface area contributed by atoms with Crippen molar-refractivity contribution in [2.75, 3.05) is 0 Å². The van der Waals surface area contributed by atoms with E-state index in [2.05, 4.69) is 168 Å². The predicted molar refractivity (Wildman–Crippen MR) is 301 cm³/mol. The lowest BCUT2D eigenvalue weighted by Crippen LogP contribution is -2.45. The third kappa shape index (κ3) is 13.8. The van der Waals surface area contributed by atoms with Gasteiger partial charge in [0.25, 0.3) is 0 Å². The molecule has 0 aromatic heterocycles. The van der Waals surface area contributed by atoms with Crippen LogP contribution in [0.5, 0.6) is 17.2 Å². The Labute approximate surface area is 443 Å². The summed E-state index contributed by atoms with van der Waals surface area (Å²) in [5, 5.41) is 0. The fourth-order valence-corrected chi connectivity index (χ4v) is 10.7. The quantitative estimate of drug-likeness (QED) is 0.0606. The van der Waals surface area contributed by atoms with Gasteiger partial charge in [-0.05, 0) is 136 Å². The monoisotopic (exact) mass is 1010 g/mol. The van der Waals surface area contributed by atoms with Crippen LogP contribution in [0.4, 0.5) is 9.59 Å². The van der Waals surface area contributed by atoms with Crippen LogP contribution >= 0.6 is 0 Å². The van der Waals surface area contributed by atoms with Crippen LogP contribution in [0.1, 0.15) is 260 Å². The van der Waals surface area contributed by atoms with Gasteiger partial charge >= 0.3 is 18.3 Å². The Morgan fingerprint density at radius 3 is 1.51 bits per heavy atom. The zero-order chi connectivity index (χ0) is 55.8. The molecule has 4 atom stereocenters. The van der Waals surface area contributed by atoms with E-state index in [9.17, 15) is 14.4 Å². The van der Waals surface area contributed by atoms with Crippen LogP contribution in [0.2, 0.25) is 0 Å². The van der Waals surface area contributed by atoms with Crippen molar-refractivity contribution in [2.24, 2.45) is 11.8 Å². The molecule has 0 amide bonds. The summed E-state index contributed by atoms with van der Waals surface area (Å²) in [5.74, 6) is 0.624. The molecule has 0 spiro atoms. The third-order valence-corrected chi connectivity index (χ3v) is 17.0. The highest BCUT2D eigenvalue weighted by atomic mass is 16.7. The average Bonchev–Trinajstić information content (AvgIpc) is 3.27. The number of esters is 1. The summed E-state index contributed by atoms with van der Waals surface area (Å²) in [7, 11) is 0. The summed E-state index contributed by atoms with van der Waals surface area (Å²) in [4.78, 5) is 41.6. The second-order valence-electron chi connectivity index (χ2n) is 27.3. The number of ether oxygens (including phenoxy) is 5. The summed E-state index contributed by atoms with van der Waals surface area (Å²) in [5.41, 5.74) is 4.99. The second kappa shape index (κ2) is 21.9. The summed E-state index contributed by atoms with van der Waals surface area (Å²) < 4.78 is 31.3. The first kappa shape index (κ1) is 61.0. The molecule has 0 radical (unpaired) electrons. The fraction of sp³-hybridized carbons (Fsp3) is 0.646. The van der Waals surface area contributed by atoms with Crippen molar-refractivity contribution in [3.63, 3.8) is 0 Å². The van der Waals surface area contributed by atoms with Gasteiger partial charge in [0, 0.05) is 45.4 Å². The molecule has 0 aliphatic heterocycles. The van der Waals surface area contributed by atoms with E-state index in [1.165, 1.54) is 6.08 Å². The predicted octanol–water partition coefficient (Wildman–Crippen LogP) is 18.3. The van der Waals surface area contributed by atoms with E-state index in [1.807, 2.05) is 41.5 Å². The van der Waals surface area contributed by atoms with Crippen LogP contribution in [0.15, 0.2) is 49.1 Å². The topological polar surface area (TPSA) is 97.4 Å². The van der Waals surface area contributed by atoms with Gasteiger partial charge in [-0.1, -0.05) is 179 Å². The van der Waals surface area contributed by atoms with E-state index in [-0.39, 0.29) is 28.1 Å². The summed E-state index contributed by atoms with van der Waals surface area (Å²) >= 11 is 0. The number of hydrogen-bond acceptors (Lipinski definition) is 8. The normalized spacial score (nSPS) is 18.1. The Morgan fingerprint density at radius 1 is 0.616 bits per heavy atom. The van der Waals surface area contributed by atoms with Crippen molar-refractivity contribution in [1.29, 1.82) is 0 Å². The number of rotatable bonds is 16. The molecule has 406 valence electrons. The minimum Gasteiger partial charge on any atom is -0.428 e. The largest absolute Gasteiger partial charge is 0.514 e. The third-order valence-electron chi connectivity index (χ3n) is 17.0. The second-order valence-corrected chi connectivity index (χ2v) is 27.3. The van der Waals surface area contributed by atoms with Crippen LogP contribution in [0.25, 0.3) is 0 Å². The van der Waals surface area contributed by atoms with Crippen molar-refractivity contribution in [2.45, 2.75) is 261 Å². The Hall–Kier alpha value is -4.59. The van der Waals surface area contributed by atoms with Crippen molar-refractivity contribution in [3.8, 4) is 17.2 Å². The molecule has 3 aromatic rings. The minimum atomic E-state index is -0.786. The lowest BCUT2D eigenvalue weighted by atomic mass is 9.54. The van der Waals surface area contributed by atoms with Crippen molar-refractivity contribution < 1.29 is 38.1 Å². The lowest BCUT2D eigenvalue weighted by Gasteiger charge is -2.50. The van der Waals surface area contributed by atoms with E-state index in [0.717, 1.165) is 95.0 Å². The Balaban J connectivity index is 2.18. The minimum absolute atomic E-state index is 0.00759. The number of hydrogen-bond donors (Lipinski definition) is 0. The maximum Gasteiger partial charge on any atom is 0.514 e. The SMILES string of the molecule is C=CC(=O)Oc1c(C(C)c2cc(C(C)(C)CC)cc(C(C)(C)CC)c2OC(=O)OC(C)(C)C)cc(C(C)(C)CC)cc1C(C)(C)C(C)C1CCCCC1(C)c1cc(C)cc(C(C)(C)C)c1OC(=O)OC(C)(C)C. The van der Waals surface area contributed by atoms with Gasteiger partial charge in [0.15, 0.2) is 0 Å². The van der Waals surface area contributed by atoms with E-state index in [4.69, 9.17) is 23.7 Å². The van der Waals surface area contributed by atoms with Crippen molar-refractivity contribution >= 4 is 18.3 Å². The molecule has 1 fully saturated rings. The molecule has 0 N–H and O–H groups in total. The molecule has 1 saturated carbocycles. The molecule has 0 bridgehead atoms. The van der Waals surface area contributed by atoms with Crippen molar-refractivity contribution in [1.82, 2.24) is 0 Å². The Bertz CT molecular complexity index is 2500. The molecule has 0 saturated heterocycles. The molecule has 8 heteroatoms. The molecule has 3 aromatic carbocycles. The number of aryl methyl sites for hydroxylation is 1. The van der Waals surface area contributed by atoms with E-state index < -0.39 is 51.6 Å². The molecule has 0 heterocycles. The summed E-state index contributed by atoms with van der Waals surface area (Å²) in [6, 6.07) is 13.3. The van der Waals surface area contributed by atoms with Crippen LogP contribution in [0.3, 0.4) is 0 Å². The van der Waals surface area contributed by atoms with Gasteiger partial charge in [-0.2, -0.15) is 0 Å². The van der Waals surface area contributed by atoms with Crippen LogP contribution in [-0.2, 0) is 46.8 Å². The molecular weight excluding hydrogens is 909 g/mol. The number of carbonyl (C=O) groups is 3. The summed E-state index contributed by atoms with van der Waals surface area (Å²) in [6.45, 7) is 55.0. The van der Waals surface area contributed by atoms with Gasteiger partial charge in [-0.3, -0.25) is 0 Å². The molecule has 4 rings (SSSR count). The molecule has 73 heavy (non-hydrogen) atoms. The maximum absolute atomic E-state index is 13.9. The van der Waals surface area contributed by atoms with Crippen LogP contribution < -0.4 is 14.2 Å². The fourth-order valence-electron chi connectivity index (χ4n) is 10.7. The lowest BCUT2D eigenvalue weighted by molar-refractivity contribution is -0.129. The Kier molecular flexibility index (Phi) is 18.3. The van der Waals surface area contributed by atoms with Gasteiger partial charge < -0.3 is 23.7 Å². The first-order valence-corrected chi connectivity index (χ1v) is 27.4. The van der Waals surface area contributed by atoms with E-state index >= 15 is 0 Å². The zero-order valence-corrected chi connectivity index (χ0v) is 50.2. The van der Waals surface area contributed by atoms with Crippen LogP contribution in [-0.4, -0.2) is 29.5 Å². The van der Waals surface area contributed by atoms with Gasteiger partial charge in [0.1, 0.15) is 28.5 Å². The molecule has 8 nitrogen and oxygen atoms in total. The first-order chi connectivity index (χ1) is 33.2. The van der Waals surface area contributed by atoms with Gasteiger partial charge in [-0.25, -0.2) is 14.4 Å². The number of benzene rings is 3. The average molecular weight is 1010 g/mol. The molecular formula is C65H98O8. The standard InChI is InChI=1S/C65H98O8/c1-26-52(66)69-54-46(41(6)45-36-43(61(17,18)27-2)38-49(63(21,22)29-4)53(45)70-56(67)72-59(11,12)13)37-44(62(19,20)28-3)39-50(54)64(23,24)42(7)47-32-30-31-33-65(47,25)51-35-40(5)34-48(58(8,9)10)55(51)71-57(68)73-60(14,15)16/h26,34-39,41-42,47H,1,27-33H2,2-25H3. The summed E-state index contributed by atoms with van der Waals surface area (Å²) in [6.07, 6.45) is 6.17. The molecule has 1 aliphatic carbocycles. The molecule has 1 aliphatic rings. The van der Waals surface area contributed by atoms with Crippen LogP contribution in [0, 0.1) is 18.8 Å². The van der Waals surface area contributed by atoms with Crippen molar-refractivity contribution in [3.05, 3.63) is 99.1 Å². The smallest absolute Gasteiger partial charge is 0.428 e. The maximum atomic E-state index is 13.9. The van der Waals surface area contributed by atoms with Gasteiger partial charge in [0.2, 0.25) is 0 Å². The van der Waals surface area contributed by atoms with Gasteiger partial charge in [0.05, 0.1) is 0 Å². The first-order valence-electron chi connectivity index (χ1n) is 27.4. The van der Waals surface area contributed by atoms with E-state index in [0.29, 0.717) is 17.2 Å². The van der Waals surface area contributed by atoms with E-state index in [1.54, 1.807) is 0 Å². The highest BCUT2D eigenvalue weighted by Gasteiger charge is 2.49. The molecule has 4 unspecified atom stereocenters. The number of carbonyl (C=O) groups excluding carboxylic acids is 3. The zero-order valence-electron chi connectivity index (χ0n) is 50.2. The Morgan fingerprint density at radius 2 is 1.07 bits per heavy atom. The highest BCUT2D eigenvalue weighted by molar-refractivity contribution is 5.84. The van der Waals surface area contributed by atoms with Gasteiger partial charge in [-0.15, -0.1) is 0 Å².